The minimum atomic E-state index is -1.34. The van der Waals surface area contributed by atoms with Gasteiger partial charge in [-0.15, -0.1) is 11.8 Å². The molecule has 2 aliphatic rings. The molecule has 0 bridgehead atoms. The number of thioether (sulfide) groups is 1. The van der Waals surface area contributed by atoms with Gasteiger partial charge < -0.3 is 24.2 Å². The fourth-order valence-electron chi connectivity index (χ4n) is 3.42. The second-order valence-electron chi connectivity index (χ2n) is 7.09. The van der Waals surface area contributed by atoms with Gasteiger partial charge in [0.05, 0.1) is 0 Å². The van der Waals surface area contributed by atoms with E-state index >= 15 is 0 Å². The van der Waals surface area contributed by atoms with E-state index in [4.69, 9.17) is 19.3 Å². The van der Waals surface area contributed by atoms with Crippen molar-refractivity contribution in [3.8, 4) is 11.5 Å². The molecule has 2 aromatic rings. The maximum Gasteiger partial charge on any atom is 0.511 e. The molecule has 2 heterocycles. The van der Waals surface area contributed by atoms with Crippen LogP contribution < -0.4 is 9.47 Å². The van der Waals surface area contributed by atoms with E-state index in [0.29, 0.717) is 24.6 Å². The predicted octanol–water partition coefficient (Wildman–Crippen LogP) is 5.16. The number of carboxylic acid groups (broad SMARTS) is 1. The monoisotopic (exact) mass is 443 g/mol. The summed E-state index contributed by atoms with van der Waals surface area (Å²) < 4.78 is 28.9. The van der Waals surface area contributed by atoms with Crippen molar-refractivity contribution in [3.05, 3.63) is 82.3 Å². The number of ether oxygens (including phenoxy) is 3. The zero-order chi connectivity index (χ0) is 21.6. The Morgan fingerprint density at radius 3 is 2.71 bits per heavy atom. The Bertz CT molecular complexity index is 1010. The smallest absolute Gasteiger partial charge is 0.454 e. The number of rotatable bonds is 8. The Labute approximate surface area is 183 Å². The Balaban J connectivity index is 1.43. The topological polar surface area (TPSA) is 68.2 Å². The Morgan fingerprint density at radius 1 is 1.13 bits per heavy atom. The van der Waals surface area contributed by atoms with Gasteiger partial charge in [0, 0.05) is 13.1 Å². The summed E-state index contributed by atoms with van der Waals surface area (Å²) in [5, 5.41) is 9.91. The third-order valence-corrected chi connectivity index (χ3v) is 6.09. The zero-order valence-electron chi connectivity index (χ0n) is 16.8. The van der Waals surface area contributed by atoms with Crippen LogP contribution in [0.3, 0.4) is 0 Å². The largest absolute Gasteiger partial charge is 0.511 e. The molecule has 6 nitrogen and oxygen atoms in total. The molecule has 0 spiro atoms. The van der Waals surface area contributed by atoms with E-state index in [1.54, 1.807) is 30.0 Å². The molecule has 0 saturated carbocycles. The molecule has 2 aromatic carbocycles. The van der Waals surface area contributed by atoms with Gasteiger partial charge in [-0.25, -0.2) is 9.18 Å². The van der Waals surface area contributed by atoms with Gasteiger partial charge in [0.15, 0.2) is 17.3 Å². The highest BCUT2D eigenvalue weighted by atomic mass is 32.2. The van der Waals surface area contributed by atoms with E-state index in [-0.39, 0.29) is 12.6 Å². The van der Waals surface area contributed by atoms with Gasteiger partial charge in [-0.05, 0) is 60.1 Å². The first-order valence-electron chi connectivity index (χ1n) is 9.91. The molecule has 31 heavy (non-hydrogen) atoms. The number of allylic oxidation sites excluding steroid dienone is 1. The van der Waals surface area contributed by atoms with Crippen LogP contribution in [0.1, 0.15) is 17.5 Å². The molecular formula is C23H22FNO5S. The van der Waals surface area contributed by atoms with E-state index in [1.807, 2.05) is 24.3 Å². The second-order valence-corrected chi connectivity index (χ2v) is 8.17. The van der Waals surface area contributed by atoms with Gasteiger partial charge >= 0.3 is 6.16 Å². The quantitative estimate of drug-likeness (QED) is 0.447. The van der Waals surface area contributed by atoms with Crippen LogP contribution in [0.15, 0.2) is 65.4 Å². The van der Waals surface area contributed by atoms with E-state index in [2.05, 4.69) is 4.90 Å². The molecule has 8 heteroatoms. The number of carbonyl (C=O) groups is 1. The SMILES string of the molecule is O=C(O)OC1=C(SCCCc2ccc(F)cc2)N(Cc2ccc3c(c2)OCO3)CC=C1. The van der Waals surface area contributed by atoms with Crippen molar-refractivity contribution in [2.45, 2.75) is 19.4 Å². The molecule has 0 radical (unpaired) electrons. The van der Waals surface area contributed by atoms with Crippen LogP contribution >= 0.6 is 11.8 Å². The molecule has 0 aliphatic carbocycles. The number of hydrogen-bond donors (Lipinski definition) is 1. The minimum Gasteiger partial charge on any atom is -0.454 e. The summed E-state index contributed by atoms with van der Waals surface area (Å²) in [6, 6.07) is 12.3. The molecule has 162 valence electrons. The standard InChI is InChI=1S/C23H22FNO5S/c24-18-8-5-16(6-9-18)3-2-12-31-22-20(30-23(26)27)4-1-11-25(22)14-17-7-10-19-21(13-17)29-15-28-19/h1,4-10,13H,2-3,11-12,14-15H2,(H,26,27). The van der Waals surface area contributed by atoms with Gasteiger partial charge in [0.1, 0.15) is 10.8 Å². The predicted molar refractivity (Wildman–Crippen MR) is 115 cm³/mol. The molecule has 0 amide bonds. The third kappa shape index (κ3) is 5.52. The van der Waals surface area contributed by atoms with Crippen molar-refractivity contribution < 1.29 is 28.5 Å². The van der Waals surface area contributed by atoms with Crippen LogP contribution in [-0.2, 0) is 17.7 Å². The lowest BCUT2D eigenvalue weighted by atomic mass is 10.1. The van der Waals surface area contributed by atoms with Crippen LogP contribution in [0.4, 0.5) is 9.18 Å². The van der Waals surface area contributed by atoms with Crippen molar-refractivity contribution in [1.29, 1.82) is 0 Å². The minimum absolute atomic E-state index is 0.219. The first kappa shape index (κ1) is 21.1. The number of aryl methyl sites for hydroxylation is 1. The Kier molecular flexibility index (Phi) is 6.66. The first-order chi connectivity index (χ1) is 15.1. The summed E-state index contributed by atoms with van der Waals surface area (Å²) in [7, 11) is 0. The number of nitrogens with zero attached hydrogens (tertiary/aromatic N) is 1. The maximum atomic E-state index is 13.1. The van der Waals surface area contributed by atoms with E-state index in [9.17, 15) is 9.18 Å². The summed E-state index contributed by atoms with van der Waals surface area (Å²) in [6.07, 6.45) is 3.92. The Hall–Kier alpha value is -3.13. The van der Waals surface area contributed by atoms with Crippen LogP contribution in [0.25, 0.3) is 0 Å². The molecule has 4 rings (SSSR count). The zero-order valence-corrected chi connectivity index (χ0v) is 17.6. The van der Waals surface area contributed by atoms with Crippen LogP contribution in [0.5, 0.6) is 11.5 Å². The molecule has 0 unspecified atom stereocenters. The lowest BCUT2D eigenvalue weighted by Crippen LogP contribution is -2.26. The molecule has 0 fully saturated rings. The van der Waals surface area contributed by atoms with E-state index < -0.39 is 6.16 Å². The normalized spacial score (nSPS) is 14.8. The number of benzene rings is 2. The van der Waals surface area contributed by atoms with Crippen LogP contribution in [0, 0.1) is 5.82 Å². The highest BCUT2D eigenvalue weighted by molar-refractivity contribution is 8.03. The van der Waals surface area contributed by atoms with Crippen molar-refractivity contribution in [3.63, 3.8) is 0 Å². The van der Waals surface area contributed by atoms with Crippen LogP contribution in [-0.4, -0.2) is 35.3 Å². The van der Waals surface area contributed by atoms with Crippen LogP contribution in [0.2, 0.25) is 0 Å². The fourth-order valence-corrected chi connectivity index (χ4v) is 4.48. The average Bonchev–Trinajstić information content (AvgIpc) is 3.21. The summed E-state index contributed by atoms with van der Waals surface area (Å²) in [5.74, 6) is 2.29. The van der Waals surface area contributed by atoms with Crippen molar-refractivity contribution in [2.75, 3.05) is 19.1 Å². The van der Waals surface area contributed by atoms with Gasteiger partial charge in [-0.1, -0.05) is 24.3 Å². The lowest BCUT2D eigenvalue weighted by Gasteiger charge is -2.29. The summed E-state index contributed by atoms with van der Waals surface area (Å²) in [5.41, 5.74) is 2.09. The Morgan fingerprint density at radius 2 is 1.90 bits per heavy atom. The highest BCUT2D eigenvalue weighted by Gasteiger charge is 2.22. The third-order valence-electron chi connectivity index (χ3n) is 4.86. The summed E-state index contributed by atoms with van der Waals surface area (Å²) in [4.78, 5) is 13.3. The average molecular weight is 443 g/mol. The molecular weight excluding hydrogens is 421 g/mol. The van der Waals surface area contributed by atoms with Gasteiger partial charge in [-0.3, -0.25) is 0 Å². The molecule has 0 saturated heterocycles. The molecule has 2 aliphatic heterocycles. The van der Waals surface area contributed by atoms with E-state index in [1.165, 1.54) is 12.1 Å². The fraction of sp³-hybridized carbons (Fsp3) is 0.261. The number of hydrogen-bond acceptors (Lipinski definition) is 6. The molecule has 0 atom stereocenters. The summed E-state index contributed by atoms with van der Waals surface area (Å²) in [6.45, 7) is 1.44. The van der Waals surface area contributed by atoms with Gasteiger partial charge in [0.25, 0.3) is 0 Å². The number of fused-ring (bicyclic) bond motifs is 1. The van der Waals surface area contributed by atoms with Crippen molar-refractivity contribution >= 4 is 17.9 Å². The first-order valence-corrected chi connectivity index (χ1v) is 10.9. The van der Waals surface area contributed by atoms with Gasteiger partial charge in [-0.2, -0.15) is 0 Å². The molecule has 1 N–H and O–H groups in total. The second kappa shape index (κ2) is 9.78. The highest BCUT2D eigenvalue weighted by Crippen LogP contribution is 2.35. The number of halogens is 1. The summed E-state index contributed by atoms with van der Waals surface area (Å²) >= 11 is 1.56. The molecule has 0 aromatic heterocycles. The lowest BCUT2D eigenvalue weighted by molar-refractivity contribution is 0.119. The van der Waals surface area contributed by atoms with Crippen molar-refractivity contribution in [2.24, 2.45) is 0 Å². The van der Waals surface area contributed by atoms with Gasteiger partial charge in [0.2, 0.25) is 6.79 Å². The van der Waals surface area contributed by atoms with Crippen molar-refractivity contribution in [1.82, 2.24) is 4.90 Å². The van der Waals surface area contributed by atoms with E-state index in [0.717, 1.165) is 40.5 Å². The maximum absolute atomic E-state index is 13.1.